The first kappa shape index (κ1) is 9.96. The summed E-state index contributed by atoms with van der Waals surface area (Å²) in [6, 6.07) is 4.23. The summed E-state index contributed by atoms with van der Waals surface area (Å²) >= 11 is 2.31. The Balaban J connectivity index is 2.87. The number of aryl methyl sites for hydroxylation is 1. The second kappa shape index (κ2) is 3.53. The molecule has 3 heteroatoms. The number of aromatic amines is 1. The second-order valence-electron chi connectivity index (χ2n) is 3.88. The predicted octanol–water partition coefficient (Wildman–Crippen LogP) is 3.60. The summed E-state index contributed by atoms with van der Waals surface area (Å²) in [6.45, 7) is 6.62. The van der Waals surface area contributed by atoms with E-state index in [1.807, 2.05) is 0 Å². The second-order valence-corrected chi connectivity index (χ2v) is 4.96. The van der Waals surface area contributed by atoms with Crippen LogP contribution in [-0.4, -0.2) is 10.2 Å². The predicted molar refractivity (Wildman–Crippen MR) is 67.6 cm³/mol. The van der Waals surface area contributed by atoms with Crippen molar-refractivity contribution in [2.75, 3.05) is 0 Å². The molecule has 0 aliphatic carbocycles. The number of rotatable bonds is 1. The van der Waals surface area contributed by atoms with Crippen LogP contribution in [0, 0.1) is 10.6 Å². The molecule has 1 aromatic heterocycles. The Bertz CT molecular complexity index is 471. The number of halogens is 1. The van der Waals surface area contributed by atoms with Gasteiger partial charge >= 0.3 is 0 Å². The van der Waals surface area contributed by atoms with Crippen molar-refractivity contribution in [2.24, 2.45) is 0 Å². The van der Waals surface area contributed by atoms with Crippen LogP contribution in [0.1, 0.15) is 30.9 Å². The largest absolute Gasteiger partial charge is 0.271 e. The van der Waals surface area contributed by atoms with Crippen LogP contribution in [0.25, 0.3) is 10.9 Å². The molecule has 0 unspecified atom stereocenters. The van der Waals surface area contributed by atoms with Crippen molar-refractivity contribution in [1.82, 2.24) is 10.2 Å². The molecule has 0 aliphatic rings. The summed E-state index contributed by atoms with van der Waals surface area (Å²) in [4.78, 5) is 0. The maximum Gasteiger partial charge on any atom is 0.104 e. The lowest BCUT2D eigenvalue weighted by atomic mass is 9.95. The highest BCUT2D eigenvalue weighted by Gasteiger charge is 2.12. The Hall–Kier alpha value is -0.580. The van der Waals surface area contributed by atoms with Crippen LogP contribution in [0.2, 0.25) is 0 Å². The van der Waals surface area contributed by atoms with Gasteiger partial charge in [-0.2, -0.15) is 5.10 Å². The minimum absolute atomic E-state index is 0.546. The number of nitrogens with zero attached hydrogens (tertiary/aromatic N) is 1. The highest BCUT2D eigenvalue weighted by molar-refractivity contribution is 14.1. The standard InChI is InChI=1S/C11H13IN2/c1-6(2)9-7(3)4-5-8-10(9)11(12)14-13-8/h4-6H,1-3H3,(H,13,14). The molecule has 2 aromatic rings. The molecule has 2 rings (SSSR count). The Kier molecular flexibility index (Phi) is 2.51. The van der Waals surface area contributed by atoms with Gasteiger partial charge in [0, 0.05) is 5.39 Å². The third-order valence-electron chi connectivity index (χ3n) is 2.51. The van der Waals surface area contributed by atoms with Crippen molar-refractivity contribution in [3.63, 3.8) is 0 Å². The summed E-state index contributed by atoms with van der Waals surface area (Å²) in [7, 11) is 0. The first-order valence-electron chi connectivity index (χ1n) is 4.74. The molecule has 2 nitrogen and oxygen atoms in total. The molecule has 0 atom stereocenters. The van der Waals surface area contributed by atoms with Crippen molar-refractivity contribution in [2.45, 2.75) is 26.7 Å². The molecule has 1 N–H and O–H groups in total. The molecule has 74 valence electrons. The van der Waals surface area contributed by atoms with E-state index in [2.05, 4.69) is 65.7 Å². The van der Waals surface area contributed by atoms with Gasteiger partial charge in [-0.15, -0.1) is 0 Å². The maximum atomic E-state index is 4.27. The number of nitrogens with one attached hydrogen (secondary N) is 1. The van der Waals surface area contributed by atoms with Crippen molar-refractivity contribution >= 4 is 33.5 Å². The van der Waals surface area contributed by atoms with Crippen LogP contribution < -0.4 is 0 Å². The molecule has 0 radical (unpaired) electrons. The van der Waals surface area contributed by atoms with Gasteiger partial charge in [-0.3, -0.25) is 5.10 Å². The van der Waals surface area contributed by atoms with Crippen LogP contribution in [0.15, 0.2) is 12.1 Å². The maximum absolute atomic E-state index is 4.27. The minimum Gasteiger partial charge on any atom is -0.271 e. The zero-order valence-electron chi connectivity index (χ0n) is 8.56. The van der Waals surface area contributed by atoms with E-state index in [1.165, 1.54) is 16.5 Å². The zero-order chi connectivity index (χ0) is 10.3. The lowest BCUT2D eigenvalue weighted by Crippen LogP contribution is -1.93. The van der Waals surface area contributed by atoms with E-state index < -0.39 is 0 Å². The Morgan fingerprint density at radius 1 is 1.36 bits per heavy atom. The van der Waals surface area contributed by atoms with Gasteiger partial charge < -0.3 is 0 Å². The van der Waals surface area contributed by atoms with Crippen LogP contribution in [-0.2, 0) is 0 Å². The molecule has 14 heavy (non-hydrogen) atoms. The fourth-order valence-electron chi connectivity index (χ4n) is 1.95. The number of hydrogen-bond acceptors (Lipinski definition) is 1. The summed E-state index contributed by atoms with van der Waals surface area (Å²) < 4.78 is 1.14. The average Bonchev–Trinajstić information content (AvgIpc) is 2.47. The normalized spacial score (nSPS) is 11.5. The van der Waals surface area contributed by atoms with E-state index >= 15 is 0 Å². The van der Waals surface area contributed by atoms with E-state index in [0.29, 0.717) is 5.92 Å². The van der Waals surface area contributed by atoms with Crippen LogP contribution in [0.4, 0.5) is 0 Å². The fourth-order valence-corrected chi connectivity index (χ4v) is 2.63. The first-order valence-corrected chi connectivity index (χ1v) is 5.82. The van der Waals surface area contributed by atoms with Gasteiger partial charge in [0.2, 0.25) is 0 Å². The molecule has 0 spiro atoms. The van der Waals surface area contributed by atoms with Gasteiger partial charge in [-0.1, -0.05) is 19.9 Å². The van der Waals surface area contributed by atoms with Crippen molar-refractivity contribution in [1.29, 1.82) is 0 Å². The zero-order valence-corrected chi connectivity index (χ0v) is 10.7. The van der Waals surface area contributed by atoms with E-state index in [-0.39, 0.29) is 0 Å². The molecular weight excluding hydrogens is 287 g/mol. The van der Waals surface area contributed by atoms with E-state index in [0.717, 1.165) is 9.22 Å². The molecule has 0 bridgehead atoms. The molecule has 1 aromatic carbocycles. The van der Waals surface area contributed by atoms with E-state index in [4.69, 9.17) is 0 Å². The summed E-state index contributed by atoms with van der Waals surface area (Å²) in [5.41, 5.74) is 3.84. The fraction of sp³-hybridized carbons (Fsp3) is 0.364. The van der Waals surface area contributed by atoms with Gasteiger partial charge in [-0.25, -0.2) is 0 Å². The molecular formula is C11H13IN2. The number of aromatic nitrogens is 2. The SMILES string of the molecule is Cc1ccc2n[nH]c(I)c2c1C(C)C. The summed E-state index contributed by atoms with van der Waals surface area (Å²) in [5, 5.41) is 8.60. The first-order chi connectivity index (χ1) is 6.61. The summed E-state index contributed by atoms with van der Waals surface area (Å²) in [6.07, 6.45) is 0. The highest BCUT2D eigenvalue weighted by atomic mass is 127. The van der Waals surface area contributed by atoms with Gasteiger partial charge in [0.15, 0.2) is 0 Å². The van der Waals surface area contributed by atoms with Crippen LogP contribution in [0.3, 0.4) is 0 Å². The third-order valence-corrected chi connectivity index (χ3v) is 3.29. The lowest BCUT2D eigenvalue weighted by Gasteiger charge is -2.10. The van der Waals surface area contributed by atoms with Gasteiger partial charge in [-0.05, 0) is 52.6 Å². The topological polar surface area (TPSA) is 28.7 Å². The Morgan fingerprint density at radius 3 is 2.71 bits per heavy atom. The number of hydrogen-bond donors (Lipinski definition) is 1. The molecule has 0 saturated heterocycles. The van der Waals surface area contributed by atoms with Crippen molar-refractivity contribution in [3.8, 4) is 0 Å². The Morgan fingerprint density at radius 2 is 2.07 bits per heavy atom. The Labute approximate surface area is 97.2 Å². The monoisotopic (exact) mass is 300 g/mol. The van der Waals surface area contributed by atoms with Crippen molar-refractivity contribution in [3.05, 3.63) is 27.0 Å². The molecule has 0 amide bonds. The summed E-state index contributed by atoms with van der Waals surface area (Å²) in [5.74, 6) is 0.546. The number of fused-ring (bicyclic) bond motifs is 1. The number of H-pyrrole nitrogens is 1. The van der Waals surface area contributed by atoms with E-state index in [9.17, 15) is 0 Å². The van der Waals surface area contributed by atoms with Crippen LogP contribution in [0.5, 0.6) is 0 Å². The highest BCUT2D eigenvalue weighted by Crippen LogP contribution is 2.30. The van der Waals surface area contributed by atoms with E-state index in [1.54, 1.807) is 0 Å². The van der Waals surface area contributed by atoms with Gasteiger partial charge in [0.05, 0.1) is 5.52 Å². The molecule has 1 heterocycles. The quantitative estimate of drug-likeness (QED) is 0.801. The molecule has 0 saturated carbocycles. The van der Waals surface area contributed by atoms with Crippen LogP contribution >= 0.6 is 22.6 Å². The smallest absolute Gasteiger partial charge is 0.104 e. The molecule has 0 fully saturated rings. The van der Waals surface area contributed by atoms with Crippen molar-refractivity contribution < 1.29 is 0 Å². The number of benzene rings is 1. The minimum atomic E-state index is 0.546. The van der Waals surface area contributed by atoms with Gasteiger partial charge in [0.1, 0.15) is 3.70 Å². The van der Waals surface area contributed by atoms with Gasteiger partial charge in [0.25, 0.3) is 0 Å². The average molecular weight is 300 g/mol. The molecule has 0 aliphatic heterocycles. The lowest BCUT2D eigenvalue weighted by molar-refractivity contribution is 0.866. The third kappa shape index (κ3) is 1.43.